The molecule has 0 saturated heterocycles. The molecular formula is C31H29ClF3N5O3. The Bertz CT molecular complexity index is 1610. The lowest BCUT2D eigenvalue weighted by Gasteiger charge is -2.35. The fraction of sp³-hybridized carbons (Fsp3) is 0.258. The highest BCUT2D eigenvalue weighted by molar-refractivity contribution is 6.30. The van der Waals surface area contributed by atoms with Crippen molar-refractivity contribution in [2.24, 2.45) is 5.73 Å². The van der Waals surface area contributed by atoms with Crippen LogP contribution in [0.5, 0.6) is 5.75 Å². The Morgan fingerprint density at radius 3 is 2.49 bits per heavy atom. The molecule has 2 atom stereocenters. The Balaban J connectivity index is 1.35. The third kappa shape index (κ3) is 6.77. The highest BCUT2D eigenvalue weighted by Gasteiger charge is 2.32. The molecule has 0 radical (unpaired) electrons. The summed E-state index contributed by atoms with van der Waals surface area (Å²) in [6, 6.07) is 16.1. The Hall–Kier alpha value is -4.51. The summed E-state index contributed by atoms with van der Waals surface area (Å²) in [4.78, 5) is 31.9. The first-order valence-corrected chi connectivity index (χ1v) is 13.9. The van der Waals surface area contributed by atoms with Gasteiger partial charge in [-0.2, -0.15) is 13.2 Å². The number of halogens is 4. The normalized spacial score (nSPS) is 15.2. The van der Waals surface area contributed by atoms with E-state index >= 15 is 0 Å². The fourth-order valence-corrected chi connectivity index (χ4v) is 5.31. The molecule has 4 aromatic rings. The van der Waals surface area contributed by atoms with Gasteiger partial charge in [-0.3, -0.25) is 9.59 Å². The summed E-state index contributed by atoms with van der Waals surface area (Å²) in [6.45, 7) is 0.655. The van der Waals surface area contributed by atoms with Crippen molar-refractivity contribution in [1.82, 2.24) is 14.9 Å². The second-order valence-electron chi connectivity index (χ2n) is 10.3. The van der Waals surface area contributed by atoms with Crippen LogP contribution in [0.3, 0.4) is 0 Å². The number of nitrogens with two attached hydrogens (primary N) is 1. The van der Waals surface area contributed by atoms with E-state index in [0.717, 1.165) is 29.1 Å². The van der Waals surface area contributed by atoms with Crippen LogP contribution in [0.2, 0.25) is 5.02 Å². The number of aromatic nitrogens is 2. The van der Waals surface area contributed by atoms with Gasteiger partial charge in [0.25, 0.3) is 5.91 Å². The zero-order valence-electron chi connectivity index (χ0n) is 23.1. The first-order chi connectivity index (χ1) is 20.5. The van der Waals surface area contributed by atoms with Crippen LogP contribution in [-0.4, -0.2) is 41.1 Å². The number of carbonyl (C=O) groups excluding carboxylic acids is 2. The monoisotopic (exact) mass is 611 g/mol. The average molecular weight is 612 g/mol. The van der Waals surface area contributed by atoms with Gasteiger partial charge in [0.2, 0.25) is 5.91 Å². The van der Waals surface area contributed by atoms with Gasteiger partial charge in [-0.05, 0) is 41.5 Å². The zero-order chi connectivity index (χ0) is 30.7. The van der Waals surface area contributed by atoms with Gasteiger partial charge in [-0.25, -0.2) is 4.98 Å². The Morgan fingerprint density at radius 1 is 1.12 bits per heavy atom. The van der Waals surface area contributed by atoms with Crippen LogP contribution in [0.25, 0.3) is 0 Å². The number of benzene rings is 3. The highest BCUT2D eigenvalue weighted by Crippen LogP contribution is 2.40. The standard InChI is InChI=1S/C31H29ClF3N5O3/c1-39(27-16-37-18-40(27)17-20-5-9-21(10-6-20)31(33,34)35)26-13-14-43-28-23(26)3-2-4-24(28)30(42)38-25(29(36)41)15-19-7-11-22(32)12-8-19/h2-12,16,18,25-26H,13-15,17H2,1H3,(H2,36,41)(H,38,42)/t25-,26?/m0/s1. The number of nitrogens with one attached hydrogen (secondary N) is 1. The van der Waals surface area contributed by atoms with Gasteiger partial charge >= 0.3 is 6.18 Å². The van der Waals surface area contributed by atoms with Crippen molar-refractivity contribution in [1.29, 1.82) is 0 Å². The van der Waals surface area contributed by atoms with Gasteiger partial charge < -0.3 is 25.3 Å². The van der Waals surface area contributed by atoms with E-state index in [-0.39, 0.29) is 18.0 Å². The molecule has 1 aliphatic heterocycles. The first-order valence-electron chi connectivity index (χ1n) is 13.5. The van der Waals surface area contributed by atoms with Gasteiger partial charge in [-0.15, -0.1) is 0 Å². The Morgan fingerprint density at radius 2 is 1.81 bits per heavy atom. The van der Waals surface area contributed by atoms with Crippen LogP contribution in [0, 0.1) is 0 Å². The average Bonchev–Trinajstić information content (AvgIpc) is 3.44. The number of hydrogen-bond acceptors (Lipinski definition) is 5. The van der Waals surface area contributed by atoms with E-state index in [1.165, 1.54) is 12.1 Å². The number of nitrogens with zero attached hydrogens (tertiary/aromatic N) is 3. The molecule has 3 aromatic carbocycles. The zero-order valence-corrected chi connectivity index (χ0v) is 23.9. The van der Waals surface area contributed by atoms with E-state index in [1.54, 1.807) is 48.9 Å². The van der Waals surface area contributed by atoms with Gasteiger partial charge in [-0.1, -0.05) is 48.0 Å². The number of anilines is 1. The number of primary amides is 1. The van der Waals surface area contributed by atoms with E-state index in [9.17, 15) is 22.8 Å². The lowest BCUT2D eigenvalue weighted by atomic mass is 9.95. The lowest BCUT2D eigenvalue weighted by Crippen LogP contribution is -2.46. The van der Waals surface area contributed by atoms with E-state index in [2.05, 4.69) is 10.3 Å². The third-order valence-electron chi connectivity index (χ3n) is 7.44. The van der Waals surface area contributed by atoms with Crippen molar-refractivity contribution in [2.75, 3.05) is 18.6 Å². The summed E-state index contributed by atoms with van der Waals surface area (Å²) in [5.74, 6) is -0.0193. The molecule has 1 unspecified atom stereocenters. The van der Waals surface area contributed by atoms with Gasteiger partial charge in [0.15, 0.2) is 0 Å². The predicted octanol–water partition coefficient (Wildman–Crippen LogP) is 5.39. The quantitative estimate of drug-likeness (QED) is 0.264. The number of imidazole rings is 1. The van der Waals surface area contributed by atoms with Gasteiger partial charge in [0.1, 0.15) is 17.6 Å². The second-order valence-corrected chi connectivity index (χ2v) is 10.8. The molecule has 12 heteroatoms. The van der Waals surface area contributed by atoms with E-state index in [4.69, 9.17) is 22.1 Å². The number of ether oxygens (including phenoxy) is 1. The number of fused-ring (bicyclic) bond motifs is 1. The molecule has 0 saturated carbocycles. The number of alkyl halides is 3. The fourth-order valence-electron chi connectivity index (χ4n) is 5.19. The van der Waals surface area contributed by atoms with Crippen molar-refractivity contribution in [2.45, 2.75) is 37.6 Å². The molecule has 3 N–H and O–H groups in total. The minimum atomic E-state index is -4.40. The topological polar surface area (TPSA) is 102 Å². The van der Waals surface area contributed by atoms with Crippen LogP contribution < -0.4 is 20.7 Å². The number of hydrogen-bond donors (Lipinski definition) is 2. The number of rotatable bonds is 9. The first kappa shape index (κ1) is 30.0. The van der Waals surface area contributed by atoms with Crippen LogP contribution in [0.15, 0.2) is 79.3 Å². The minimum Gasteiger partial charge on any atom is -0.492 e. The largest absolute Gasteiger partial charge is 0.492 e. The summed E-state index contributed by atoms with van der Waals surface area (Å²) < 4.78 is 46.8. The van der Waals surface area contributed by atoms with Crippen molar-refractivity contribution in [3.8, 4) is 5.75 Å². The Kier molecular flexibility index (Phi) is 8.63. The molecule has 0 spiro atoms. The molecule has 5 rings (SSSR count). The van der Waals surface area contributed by atoms with E-state index < -0.39 is 29.6 Å². The molecule has 2 amide bonds. The minimum absolute atomic E-state index is 0.194. The second kappa shape index (κ2) is 12.4. The molecule has 0 fully saturated rings. The molecule has 1 aromatic heterocycles. The number of amides is 2. The van der Waals surface area contributed by atoms with E-state index in [1.807, 2.05) is 22.6 Å². The molecule has 8 nitrogen and oxygen atoms in total. The lowest BCUT2D eigenvalue weighted by molar-refractivity contribution is -0.137. The van der Waals surface area contributed by atoms with Crippen LogP contribution in [0.4, 0.5) is 19.0 Å². The molecule has 1 aliphatic rings. The summed E-state index contributed by atoms with van der Waals surface area (Å²) >= 11 is 5.96. The van der Waals surface area contributed by atoms with E-state index in [0.29, 0.717) is 35.9 Å². The SMILES string of the molecule is CN(c1cncn1Cc1ccc(C(F)(F)F)cc1)C1CCOc2c(C(=O)N[C@@H](Cc3ccc(Cl)cc3)C(N)=O)cccc21. The smallest absolute Gasteiger partial charge is 0.416 e. The summed E-state index contributed by atoms with van der Waals surface area (Å²) in [7, 11) is 1.89. The third-order valence-corrected chi connectivity index (χ3v) is 7.69. The van der Waals surface area contributed by atoms with Crippen molar-refractivity contribution in [3.05, 3.63) is 112 Å². The van der Waals surface area contributed by atoms with Gasteiger partial charge in [0.05, 0.1) is 42.8 Å². The van der Waals surface area contributed by atoms with Crippen molar-refractivity contribution < 1.29 is 27.5 Å². The molecule has 43 heavy (non-hydrogen) atoms. The summed E-state index contributed by atoms with van der Waals surface area (Å²) in [6.07, 6.45) is -0.284. The molecular weight excluding hydrogens is 583 g/mol. The van der Waals surface area contributed by atoms with Crippen LogP contribution in [0.1, 0.15) is 45.1 Å². The van der Waals surface area contributed by atoms with Crippen LogP contribution in [-0.2, 0) is 23.9 Å². The molecule has 224 valence electrons. The highest BCUT2D eigenvalue weighted by atomic mass is 35.5. The van der Waals surface area contributed by atoms with Gasteiger partial charge in [0, 0.05) is 30.5 Å². The number of para-hydroxylation sites is 1. The maximum Gasteiger partial charge on any atom is 0.416 e. The Labute approximate surface area is 251 Å². The van der Waals surface area contributed by atoms with Crippen LogP contribution >= 0.6 is 11.6 Å². The van der Waals surface area contributed by atoms with Crippen molar-refractivity contribution in [3.63, 3.8) is 0 Å². The maximum atomic E-state index is 13.4. The number of carbonyl (C=O) groups is 2. The molecule has 2 heterocycles. The van der Waals surface area contributed by atoms with Crippen molar-refractivity contribution >= 4 is 29.2 Å². The maximum absolute atomic E-state index is 13.4. The molecule has 0 aliphatic carbocycles. The molecule has 0 bridgehead atoms. The summed E-state index contributed by atoms with van der Waals surface area (Å²) in [5.41, 5.74) is 7.44. The predicted molar refractivity (Wildman–Crippen MR) is 156 cm³/mol. The summed E-state index contributed by atoms with van der Waals surface area (Å²) in [5, 5.41) is 3.30.